The fourth-order valence-electron chi connectivity index (χ4n) is 2.54. The van der Waals surface area contributed by atoms with Crippen LogP contribution in [0.1, 0.15) is 13.8 Å². The van der Waals surface area contributed by atoms with Gasteiger partial charge in [0.05, 0.1) is 0 Å². The lowest BCUT2D eigenvalue weighted by atomic mass is 10.1. The summed E-state index contributed by atoms with van der Waals surface area (Å²) in [7, 11) is 0. The molecule has 5 nitrogen and oxygen atoms in total. The van der Waals surface area contributed by atoms with Gasteiger partial charge >= 0.3 is 0 Å². The van der Waals surface area contributed by atoms with Crippen molar-refractivity contribution < 1.29 is 9.53 Å². The topological polar surface area (TPSA) is 56.2 Å². The van der Waals surface area contributed by atoms with Crippen LogP contribution >= 0.6 is 0 Å². The summed E-state index contributed by atoms with van der Waals surface area (Å²) in [6.45, 7) is 5.00. The summed E-state index contributed by atoms with van der Waals surface area (Å²) in [5.41, 5.74) is 0. The standard InChI is InChI=1S/C19H21N3O2/c1-14(2)12-22-10-9-20-19(22)21-18(23)13-24-17-8-7-15-5-3-4-6-16(15)11-17/h3-11,14H,12-13H2,1-2H3,(H,20,21,23). The molecule has 124 valence electrons. The highest BCUT2D eigenvalue weighted by atomic mass is 16.5. The number of hydrogen-bond donors (Lipinski definition) is 1. The van der Waals surface area contributed by atoms with Crippen LogP contribution in [0.5, 0.6) is 5.75 Å². The Hall–Kier alpha value is -2.82. The number of benzene rings is 2. The Morgan fingerprint density at radius 1 is 1.21 bits per heavy atom. The van der Waals surface area contributed by atoms with Crippen molar-refractivity contribution in [2.75, 3.05) is 11.9 Å². The number of anilines is 1. The number of carbonyl (C=O) groups is 1. The molecule has 0 aliphatic heterocycles. The molecule has 0 fully saturated rings. The van der Waals surface area contributed by atoms with Crippen molar-refractivity contribution >= 4 is 22.6 Å². The average Bonchev–Trinajstić information content (AvgIpc) is 2.99. The van der Waals surface area contributed by atoms with Crippen molar-refractivity contribution in [3.63, 3.8) is 0 Å². The average molecular weight is 323 g/mol. The Morgan fingerprint density at radius 3 is 2.79 bits per heavy atom. The Bertz CT molecular complexity index is 839. The molecule has 0 saturated carbocycles. The second-order valence-corrected chi connectivity index (χ2v) is 6.14. The highest BCUT2D eigenvalue weighted by molar-refractivity contribution is 5.90. The van der Waals surface area contributed by atoms with Crippen LogP contribution in [0.15, 0.2) is 54.9 Å². The summed E-state index contributed by atoms with van der Waals surface area (Å²) in [4.78, 5) is 16.3. The Kier molecular flexibility index (Phi) is 4.79. The lowest BCUT2D eigenvalue weighted by Gasteiger charge is -2.11. The van der Waals surface area contributed by atoms with Crippen LogP contribution in [-0.2, 0) is 11.3 Å². The molecule has 0 aliphatic carbocycles. The van der Waals surface area contributed by atoms with E-state index in [9.17, 15) is 4.79 Å². The van der Waals surface area contributed by atoms with Crippen LogP contribution in [0, 0.1) is 5.92 Å². The zero-order valence-corrected chi connectivity index (χ0v) is 13.9. The molecule has 1 amide bonds. The number of amides is 1. The highest BCUT2D eigenvalue weighted by Crippen LogP contribution is 2.20. The molecule has 1 N–H and O–H groups in total. The van der Waals surface area contributed by atoms with Crippen molar-refractivity contribution in [2.24, 2.45) is 5.92 Å². The van der Waals surface area contributed by atoms with Gasteiger partial charge in [-0.2, -0.15) is 0 Å². The third-order valence-corrected chi connectivity index (χ3v) is 3.62. The monoisotopic (exact) mass is 323 g/mol. The first-order valence-corrected chi connectivity index (χ1v) is 8.04. The zero-order chi connectivity index (χ0) is 16.9. The molecule has 0 radical (unpaired) electrons. The van der Waals surface area contributed by atoms with E-state index in [1.807, 2.05) is 53.2 Å². The fraction of sp³-hybridized carbons (Fsp3) is 0.263. The van der Waals surface area contributed by atoms with E-state index in [0.29, 0.717) is 17.6 Å². The lowest BCUT2D eigenvalue weighted by molar-refractivity contribution is -0.118. The fourth-order valence-corrected chi connectivity index (χ4v) is 2.54. The predicted molar refractivity (Wildman–Crippen MR) is 95.1 cm³/mol. The molecule has 1 heterocycles. The quantitative estimate of drug-likeness (QED) is 0.752. The van der Waals surface area contributed by atoms with E-state index in [4.69, 9.17) is 4.74 Å². The summed E-state index contributed by atoms with van der Waals surface area (Å²) >= 11 is 0. The molecule has 5 heteroatoms. The Balaban J connectivity index is 1.60. The van der Waals surface area contributed by atoms with E-state index in [2.05, 4.69) is 24.1 Å². The minimum atomic E-state index is -0.223. The number of hydrogen-bond acceptors (Lipinski definition) is 3. The van der Waals surface area contributed by atoms with Gasteiger partial charge in [-0.1, -0.05) is 44.2 Å². The van der Waals surface area contributed by atoms with Gasteiger partial charge < -0.3 is 9.30 Å². The third-order valence-electron chi connectivity index (χ3n) is 3.62. The van der Waals surface area contributed by atoms with Gasteiger partial charge in [-0.15, -0.1) is 0 Å². The number of carbonyl (C=O) groups excluding carboxylic acids is 1. The molecule has 0 saturated heterocycles. The first-order valence-electron chi connectivity index (χ1n) is 8.04. The normalized spacial score (nSPS) is 11.0. The van der Waals surface area contributed by atoms with Crippen LogP contribution in [0.25, 0.3) is 10.8 Å². The maximum absolute atomic E-state index is 12.1. The summed E-state index contributed by atoms with van der Waals surface area (Å²) < 4.78 is 7.53. The van der Waals surface area contributed by atoms with E-state index in [1.165, 1.54) is 0 Å². The van der Waals surface area contributed by atoms with Gasteiger partial charge in [0, 0.05) is 18.9 Å². The first kappa shape index (κ1) is 16.1. The minimum absolute atomic E-state index is 0.0487. The van der Waals surface area contributed by atoms with Gasteiger partial charge in [-0.25, -0.2) is 4.98 Å². The van der Waals surface area contributed by atoms with Crippen molar-refractivity contribution in [1.29, 1.82) is 0 Å². The van der Waals surface area contributed by atoms with Crippen molar-refractivity contribution in [3.05, 3.63) is 54.9 Å². The SMILES string of the molecule is CC(C)Cn1ccnc1NC(=O)COc1ccc2ccccc2c1. The third kappa shape index (κ3) is 3.93. The van der Waals surface area contributed by atoms with Crippen LogP contribution in [-0.4, -0.2) is 22.1 Å². The lowest BCUT2D eigenvalue weighted by Crippen LogP contribution is -2.22. The largest absolute Gasteiger partial charge is 0.484 e. The molecular formula is C19H21N3O2. The maximum atomic E-state index is 12.1. The number of rotatable bonds is 6. The Morgan fingerprint density at radius 2 is 2.00 bits per heavy atom. The van der Waals surface area contributed by atoms with Crippen molar-refractivity contribution in [1.82, 2.24) is 9.55 Å². The van der Waals surface area contributed by atoms with E-state index >= 15 is 0 Å². The number of nitrogens with one attached hydrogen (secondary N) is 1. The number of nitrogens with zero attached hydrogens (tertiary/aromatic N) is 2. The second-order valence-electron chi connectivity index (χ2n) is 6.14. The summed E-state index contributed by atoms with van der Waals surface area (Å²) in [5, 5.41) is 5.02. The first-order chi connectivity index (χ1) is 11.6. The van der Waals surface area contributed by atoms with Gasteiger partial charge in [0.2, 0.25) is 5.95 Å². The number of aromatic nitrogens is 2. The summed E-state index contributed by atoms with van der Waals surface area (Å²) in [5.74, 6) is 1.48. The molecule has 3 aromatic rings. The van der Waals surface area contributed by atoms with Gasteiger partial charge in [-0.3, -0.25) is 10.1 Å². The molecule has 1 aromatic heterocycles. The molecule has 0 spiro atoms. The Labute approximate surface area is 141 Å². The van der Waals surface area contributed by atoms with E-state index < -0.39 is 0 Å². The maximum Gasteiger partial charge on any atom is 0.264 e. The van der Waals surface area contributed by atoms with Gasteiger partial charge in [-0.05, 0) is 28.8 Å². The second kappa shape index (κ2) is 7.17. The number of fused-ring (bicyclic) bond motifs is 1. The number of imidazole rings is 1. The van der Waals surface area contributed by atoms with Gasteiger partial charge in [0.15, 0.2) is 6.61 Å². The summed E-state index contributed by atoms with van der Waals surface area (Å²) in [6.07, 6.45) is 3.54. The van der Waals surface area contributed by atoms with Gasteiger partial charge in [0.1, 0.15) is 5.75 Å². The molecule has 24 heavy (non-hydrogen) atoms. The molecule has 3 rings (SSSR count). The van der Waals surface area contributed by atoms with Crippen LogP contribution in [0.3, 0.4) is 0 Å². The summed E-state index contributed by atoms with van der Waals surface area (Å²) in [6, 6.07) is 13.8. The highest BCUT2D eigenvalue weighted by Gasteiger charge is 2.09. The molecule has 0 atom stereocenters. The predicted octanol–water partition coefficient (Wildman–Crippen LogP) is 3.71. The molecule has 0 unspecified atom stereocenters. The van der Waals surface area contributed by atoms with E-state index in [-0.39, 0.29) is 12.5 Å². The van der Waals surface area contributed by atoms with Gasteiger partial charge in [0.25, 0.3) is 5.91 Å². The van der Waals surface area contributed by atoms with Crippen LogP contribution < -0.4 is 10.1 Å². The number of ether oxygens (including phenoxy) is 1. The van der Waals surface area contributed by atoms with Crippen LogP contribution in [0.2, 0.25) is 0 Å². The van der Waals surface area contributed by atoms with E-state index in [1.54, 1.807) is 6.20 Å². The van der Waals surface area contributed by atoms with Crippen molar-refractivity contribution in [3.8, 4) is 5.75 Å². The minimum Gasteiger partial charge on any atom is -0.484 e. The van der Waals surface area contributed by atoms with Crippen LogP contribution in [0.4, 0.5) is 5.95 Å². The smallest absolute Gasteiger partial charge is 0.264 e. The molecule has 0 aliphatic rings. The molecule has 0 bridgehead atoms. The van der Waals surface area contributed by atoms with E-state index in [0.717, 1.165) is 17.3 Å². The zero-order valence-electron chi connectivity index (χ0n) is 13.9. The van der Waals surface area contributed by atoms with Crippen molar-refractivity contribution in [2.45, 2.75) is 20.4 Å². The molecular weight excluding hydrogens is 302 g/mol. The molecule has 2 aromatic carbocycles.